The molecule has 1 saturated heterocycles. The van der Waals surface area contributed by atoms with Gasteiger partial charge in [-0.05, 0) is 42.8 Å². The fourth-order valence-electron chi connectivity index (χ4n) is 4.09. The highest BCUT2D eigenvalue weighted by Crippen LogP contribution is 2.39. The second-order valence-electron chi connectivity index (χ2n) is 7.84. The molecule has 2 aromatic carbocycles. The molecule has 1 aliphatic heterocycles. The van der Waals surface area contributed by atoms with Crippen LogP contribution in [-0.2, 0) is 16.0 Å². The van der Waals surface area contributed by atoms with Gasteiger partial charge in [0, 0.05) is 18.7 Å². The first-order valence-corrected chi connectivity index (χ1v) is 11.2. The molecule has 1 aliphatic rings. The molecule has 1 N–H and O–H groups in total. The van der Waals surface area contributed by atoms with E-state index in [1.807, 2.05) is 24.3 Å². The van der Waals surface area contributed by atoms with Crippen LogP contribution in [0.4, 0.5) is 0 Å². The Hall–Kier alpha value is -3.12. The van der Waals surface area contributed by atoms with E-state index in [0.29, 0.717) is 24.4 Å². The summed E-state index contributed by atoms with van der Waals surface area (Å²) in [6.45, 7) is 8.96. The number of nitrogens with zero attached hydrogens (tertiary/aromatic N) is 2. The number of aliphatic hydroxyl groups is 1. The van der Waals surface area contributed by atoms with Gasteiger partial charge < -0.3 is 19.6 Å². The van der Waals surface area contributed by atoms with Crippen LogP contribution in [0.15, 0.2) is 54.1 Å². The van der Waals surface area contributed by atoms with Crippen LogP contribution < -0.4 is 4.74 Å². The van der Waals surface area contributed by atoms with Crippen molar-refractivity contribution in [2.24, 2.45) is 0 Å². The number of benzene rings is 2. The number of ether oxygens (including phenoxy) is 1. The van der Waals surface area contributed by atoms with E-state index in [9.17, 15) is 14.7 Å². The Balaban J connectivity index is 2.07. The predicted octanol–water partition coefficient (Wildman–Crippen LogP) is 4.02. The summed E-state index contributed by atoms with van der Waals surface area (Å²) in [5.41, 5.74) is 2.55. The number of amides is 1. The fourth-order valence-corrected chi connectivity index (χ4v) is 4.09. The largest absolute Gasteiger partial charge is 0.507 e. The van der Waals surface area contributed by atoms with Crippen molar-refractivity contribution in [3.63, 3.8) is 0 Å². The zero-order valence-corrected chi connectivity index (χ0v) is 19.3. The molecule has 1 fully saturated rings. The first-order chi connectivity index (χ1) is 15.4. The molecule has 0 aliphatic carbocycles. The summed E-state index contributed by atoms with van der Waals surface area (Å²) in [5, 5.41) is 11.1. The number of ketones is 1. The second kappa shape index (κ2) is 10.5. The highest BCUT2D eigenvalue weighted by molar-refractivity contribution is 6.46. The number of hydrogen-bond donors (Lipinski definition) is 1. The lowest BCUT2D eigenvalue weighted by Crippen LogP contribution is -2.38. The molecule has 170 valence electrons. The van der Waals surface area contributed by atoms with Crippen molar-refractivity contribution in [3.05, 3.63) is 70.8 Å². The van der Waals surface area contributed by atoms with Crippen molar-refractivity contribution in [2.75, 3.05) is 33.3 Å². The van der Waals surface area contributed by atoms with Gasteiger partial charge in [-0.25, -0.2) is 0 Å². The van der Waals surface area contributed by atoms with Crippen LogP contribution in [0, 0.1) is 0 Å². The summed E-state index contributed by atoms with van der Waals surface area (Å²) < 4.78 is 5.26. The third-order valence-electron chi connectivity index (χ3n) is 6.16. The molecule has 6 nitrogen and oxygen atoms in total. The minimum Gasteiger partial charge on any atom is -0.507 e. The number of carbonyl (C=O) groups excluding carboxylic acids is 2. The van der Waals surface area contributed by atoms with E-state index in [2.05, 4.69) is 25.7 Å². The van der Waals surface area contributed by atoms with E-state index < -0.39 is 17.7 Å². The molecular weight excluding hydrogens is 404 g/mol. The number of hydrogen-bond acceptors (Lipinski definition) is 5. The van der Waals surface area contributed by atoms with Crippen molar-refractivity contribution < 1.29 is 19.4 Å². The number of aryl methyl sites for hydroxylation is 1. The van der Waals surface area contributed by atoms with Gasteiger partial charge in [0.2, 0.25) is 0 Å². The fraction of sp³-hybridized carbons (Fsp3) is 0.385. The quantitative estimate of drug-likeness (QED) is 0.365. The van der Waals surface area contributed by atoms with Crippen molar-refractivity contribution in [2.45, 2.75) is 33.2 Å². The Labute approximate surface area is 190 Å². The van der Waals surface area contributed by atoms with E-state index in [1.165, 1.54) is 0 Å². The number of rotatable bonds is 9. The number of carbonyl (C=O) groups is 2. The summed E-state index contributed by atoms with van der Waals surface area (Å²) in [7, 11) is 1.59. The second-order valence-corrected chi connectivity index (χ2v) is 7.84. The molecule has 0 bridgehead atoms. The topological polar surface area (TPSA) is 70.1 Å². The average Bonchev–Trinajstić information content (AvgIpc) is 3.09. The van der Waals surface area contributed by atoms with Gasteiger partial charge in [-0.15, -0.1) is 0 Å². The molecule has 0 radical (unpaired) electrons. The molecule has 1 amide bonds. The summed E-state index contributed by atoms with van der Waals surface area (Å²) >= 11 is 0. The van der Waals surface area contributed by atoms with Crippen LogP contribution in [-0.4, -0.2) is 59.9 Å². The van der Waals surface area contributed by atoms with Crippen molar-refractivity contribution in [1.82, 2.24) is 9.80 Å². The van der Waals surface area contributed by atoms with Gasteiger partial charge in [-0.3, -0.25) is 9.59 Å². The number of likely N-dealkylation sites (tertiary alicyclic amines) is 1. The molecule has 6 heteroatoms. The molecule has 1 atom stereocenters. The van der Waals surface area contributed by atoms with Gasteiger partial charge in [-0.1, -0.05) is 57.2 Å². The molecule has 0 spiro atoms. The minimum absolute atomic E-state index is 0.129. The lowest BCUT2D eigenvalue weighted by atomic mass is 9.95. The van der Waals surface area contributed by atoms with Crippen molar-refractivity contribution >= 4 is 17.4 Å². The van der Waals surface area contributed by atoms with E-state index >= 15 is 0 Å². The SMILES string of the molecule is CCc1ccc(/C(O)=C2/C(=O)C(=O)N(CCN(CC)CC)C2c2ccc(OC)cc2)cc1. The van der Waals surface area contributed by atoms with Crippen LogP contribution in [0.2, 0.25) is 0 Å². The zero-order chi connectivity index (χ0) is 23.3. The van der Waals surface area contributed by atoms with Crippen LogP contribution in [0.25, 0.3) is 5.76 Å². The molecule has 1 heterocycles. The van der Waals surface area contributed by atoms with E-state index in [0.717, 1.165) is 30.6 Å². The summed E-state index contributed by atoms with van der Waals surface area (Å²) in [6.07, 6.45) is 0.878. The van der Waals surface area contributed by atoms with Crippen molar-refractivity contribution in [3.8, 4) is 5.75 Å². The van der Waals surface area contributed by atoms with Gasteiger partial charge >= 0.3 is 0 Å². The third-order valence-corrected chi connectivity index (χ3v) is 6.16. The lowest BCUT2D eigenvalue weighted by Gasteiger charge is -2.28. The highest BCUT2D eigenvalue weighted by atomic mass is 16.5. The number of Topliss-reactive ketones (excluding diaryl/α,β-unsaturated/α-hetero) is 1. The standard InChI is InChI=1S/C26H32N2O4/c1-5-18-8-10-20(11-9-18)24(29)22-23(19-12-14-21(32-4)15-13-19)28(26(31)25(22)30)17-16-27(6-2)7-3/h8-15,23,29H,5-7,16-17H2,1-4H3/b24-22-. The molecule has 0 aromatic heterocycles. The third kappa shape index (κ3) is 4.70. The molecule has 1 unspecified atom stereocenters. The molecule has 2 aromatic rings. The van der Waals surface area contributed by atoms with E-state index in [-0.39, 0.29) is 11.3 Å². The Morgan fingerprint density at radius 1 is 1.00 bits per heavy atom. The zero-order valence-electron chi connectivity index (χ0n) is 19.3. The number of likely N-dealkylation sites (N-methyl/N-ethyl adjacent to an activating group) is 1. The Morgan fingerprint density at radius 3 is 2.16 bits per heavy atom. The Bertz CT molecular complexity index is 976. The van der Waals surface area contributed by atoms with Gasteiger partial charge in [0.25, 0.3) is 11.7 Å². The van der Waals surface area contributed by atoms with Gasteiger partial charge in [0.05, 0.1) is 18.7 Å². The molecule has 32 heavy (non-hydrogen) atoms. The van der Waals surface area contributed by atoms with Crippen LogP contribution >= 0.6 is 0 Å². The maximum Gasteiger partial charge on any atom is 0.295 e. The molecule has 0 saturated carbocycles. The van der Waals surface area contributed by atoms with Gasteiger partial charge in [0.15, 0.2) is 0 Å². The van der Waals surface area contributed by atoms with Gasteiger partial charge in [0.1, 0.15) is 11.5 Å². The lowest BCUT2D eigenvalue weighted by molar-refractivity contribution is -0.140. The highest BCUT2D eigenvalue weighted by Gasteiger charge is 2.45. The monoisotopic (exact) mass is 436 g/mol. The van der Waals surface area contributed by atoms with E-state index in [4.69, 9.17) is 4.74 Å². The number of aliphatic hydroxyl groups excluding tert-OH is 1. The summed E-state index contributed by atoms with van der Waals surface area (Å²) in [5.74, 6) is -0.687. The minimum atomic E-state index is -0.651. The smallest absolute Gasteiger partial charge is 0.295 e. The van der Waals surface area contributed by atoms with Crippen LogP contribution in [0.5, 0.6) is 5.75 Å². The summed E-state index contributed by atoms with van der Waals surface area (Å²) in [4.78, 5) is 29.9. The molecule has 3 rings (SSSR count). The first-order valence-electron chi connectivity index (χ1n) is 11.2. The van der Waals surface area contributed by atoms with E-state index in [1.54, 1.807) is 36.3 Å². The Kier molecular flexibility index (Phi) is 7.70. The maximum absolute atomic E-state index is 13.1. The van der Waals surface area contributed by atoms with Crippen LogP contribution in [0.1, 0.15) is 43.5 Å². The van der Waals surface area contributed by atoms with Gasteiger partial charge in [-0.2, -0.15) is 0 Å². The van der Waals surface area contributed by atoms with Crippen molar-refractivity contribution in [1.29, 1.82) is 0 Å². The summed E-state index contributed by atoms with van der Waals surface area (Å²) in [6, 6.07) is 14.1. The molecular formula is C26H32N2O4. The average molecular weight is 437 g/mol. The maximum atomic E-state index is 13.1. The first kappa shape index (κ1) is 23.5. The Morgan fingerprint density at radius 2 is 1.62 bits per heavy atom. The predicted molar refractivity (Wildman–Crippen MR) is 126 cm³/mol. The normalized spacial score (nSPS) is 17.9. The van der Waals surface area contributed by atoms with Crippen LogP contribution in [0.3, 0.4) is 0 Å². The number of methoxy groups -OCH3 is 1.